The highest BCUT2D eigenvalue weighted by Crippen LogP contribution is 2.25. The van der Waals surface area contributed by atoms with Gasteiger partial charge >= 0.3 is 0 Å². The maximum atomic E-state index is 13.1. The lowest BCUT2D eigenvalue weighted by Crippen LogP contribution is -2.12. The van der Waals surface area contributed by atoms with E-state index in [1.165, 1.54) is 12.1 Å². The van der Waals surface area contributed by atoms with E-state index in [0.717, 1.165) is 28.1 Å². The molecule has 0 bridgehead atoms. The van der Waals surface area contributed by atoms with Gasteiger partial charge in [-0.1, -0.05) is 18.3 Å². The second-order valence-corrected chi connectivity index (χ2v) is 4.94. The molecule has 19 heavy (non-hydrogen) atoms. The molecule has 0 radical (unpaired) electrons. The summed E-state index contributed by atoms with van der Waals surface area (Å²) < 4.78 is 13.1. The van der Waals surface area contributed by atoms with Crippen LogP contribution in [0, 0.1) is 19.7 Å². The Bertz CT molecular complexity index is 638. The zero-order valence-corrected chi connectivity index (χ0v) is 11.6. The topological polar surface area (TPSA) is 38.0 Å². The van der Waals surface area contributed by atoms with E-state index in [0.29, 0.717) is 4.99 Å². The molecule has 4 heteroatoms. The van der Waals surface area contributed by atoms with E-state index in [9.17, 15) is 4.39 Å². The largest absolute Gasteiger partial charge is 0.389 e. The number of halogens is 1. The van der Waals surface area contributed by atoms with Crippen molar-refractivity contribution in [3.05, 3.63) is 58.9 Å². The summed E-state index contributed by atoms with van der Waals surface area (Å²) >= 11 is 5.04. The maximum Gasteiger partial charge on any atom is 0.123 e. The molecule has 0 aliphatic rings. The Labute approximate surface area is 117 Å². The molecule has 2 aromatic carbocycles. The lowest BCUT2D eigenvalue weighted by Gasteiger charge is -2.14. The third kappa shape index (κ3) is 3.09. The highest BCUT2D eigenvalue weighted by Gasteiger charge is 2.07. The summed E-state index contributed by atoms with van der Waals surface area (Å²) in [7, 11) is 0. The van der Waals surface area contributed by atoms with Crippen LogP contribution < -0.4 is 11.1 Å². The van der Waals surface area contributed by atoms with Gasteiger partial charge in [0.15, 0.2) is 0 Å². The summed E-state index contributed by atoms with van der Waals surface area (Å²) in [6.07, 6.45) is 0. The molecule has 0 heterocycles. The molecule has 0 saturated heterocycles. The number of hydrogen-bond donors (Lipinski definition) is 2. The molecule has 0 fully saturated rings. The molecular formula is C15H15FN2S. The normalized spacial score (nSPS) is 10.3. The fourth-order valence-corrected chi connectivity index (χ4v) is 2.07. The van der Waals surface area contributed by atoms with Crippen molar-refractivity contribution >= 4 is 28.6 Å². The second-order valence-electron chi connectivity index (χ2n) is 4.50. The number of hydrogen-bond acceptors (Lipinski definition) is 2. The summed E-state index contributed by atoms with van der Waals surface area (Å²) in [5.74, 6) is -0.248. The first-order chi connectivity index (χ1) is 8.97. The van der Waals surface area contributed by atoms with Gasteiger partial charge in [0, 0.05) is 16.9 Å². The third-order valence-corrected chi connectivity index (χ3v) is 3.12. The van der Waals surface area contributed by atoms with Gasteiger partial charge in [0.1, 0.15) is 10.8 Å². The number of nitrogens with one attached hydrogen (secondary N) is 1. The monoisotopic (exact) mass is 274 g/mol. The molecule has 0 atom stereocenters. The summed E-state index contributed by atoms with van der Waals surface area (Å²) in [6.45, 7) is 3.84. The predicted molar refractivity (Wildman–Crippen MR) is 81.5 cm³/mol. The SMILES string of the molecule is Cc1ccc(C(N)=S)c(Nc2ccc(F)cc2C)c1. The van der Waals surface area contributed by atoms with Crippen LogP contribution in [-0.4, -0.2) is 4.99 Å². The van der Waals surface area contributed by atoms with E-state index in [2.05, 4.69) is 5.32 Å². The van der Waals surface area contributed by atoms with Crippen molar-refractivity contribution in [2.75, 3.05) is 5.32 Å². The van der Waals surface area contributed by atoms with Crippen LogP contribution in [0.25, 0.3) is 0 Å². The quantitative estimate of drug-likeness (QED) is 0.836. The number of thiocarbonyl (C=S) groups is 1. The predicted octanol–water partition coefficient (Wildman–Crippen LogP) is 3.82. The molecule has 2 nitrogen and oxygen atoms in total. The number of nitrogens with two attached hydrogens (primary N) is 1. The Hall–Kier alpha value is -1.94. The van der Waals surface area contributed by atoms with Crippen LogP contribution in [0.15, 0.2) is 36.4 Å². The smallest absolute Gasteiger partial charge is 0.123 e. The average Bonchev–Trinajstić information content (AvgIpc) is 2.32. The van der Waals surface area contributed by atoms with Crippen molar-refractivity contribution in [1.82, 2.24) is 0 Å². The van der Waals surface area contributed by atoms with Crippen LogP contribution in [0.3, 0.4) is 0 Å². The van der Waals surface area contributed by atoms with Gasteiger partial charge in [-0.2, -0.15) is 0 Å². The van der Waals surface area contributed by atoms with E-state index >= 15 is 0 Å². The lowest BCUT2D eigenvalue weighted by atomic mass is 10.1. The summed E-state index contributed by atoms with van der Waals surface area (Å²) in [6, 6.07) is 10.4. The summed E-state index contributed by atoms with van der Waals surface area (Å²) in [4.78, 5) is 0.335. The van der Waals surface area contributed by atoms with Crippen molar-refractivity contribution in [3.63, 3.8) is 0 Å². The molecule has 0 aromatic heterocycles. The van der Waals surface area contributed by atoms with E-state index in [4.69, 9.17) is 18.0 Å². The standard InChI is InChI=1S/C15H15FN2S/c1-9-3-5-12(15(17)19)14(7-9)18-13-6-4-11(16)8-10(13)2/h3-8,18H,1-2H3,(H2,17,19). The van der Waals surface area contributed by atoms with Crippen LogP contribution in [0.5, 0.6) is 0 Å². The van der Waals surface area contributed by atoms with Gasteiger partial charge in [-0.25, -0.2) is 4.39 Å². The first-order valence-corrected chi connectivity index (χ1v) is 6.32. The Morgan fingerprint density at radius 3 is 2.47 bits per heavy atom. The molecule has 0 amide bonds. The number of rotatable bonds is 3. The molecule has 0 spiro atoms. The van der Waals surface area contributed by atoms with Crippen molar-refractivity contribution < 1.29 is 4.39 Å². The van der Waals surface area contributed by atoms with Crippen LogP contribution in [0.2, 0.25) is 0 Å². The van der Waals surface area contributed by atoms with Gasteiger partial charge in [-0.15, -0.1) is 0 Å². The average molecular weight is 274 g/mol. The third-order valence-electron chi connectivity index (χ3n) is 2.90. The van der Waals surface area contributed by atoms with Crippen LogP contribution in [0.1, 0.15) is 16.7 Å². The van der Waals surface area contributed by atoms with E-state index in [-0.39, 0.29) is 5.82 Å². The molecule has 2 rings (SSSR count). The maximum absolute atomic E-state index is 13.1. The van der Waals surface area contributed by atoms with Crippen molar-refractivity contribution in [2.24, 2.45) is 5.73 Å². The fraction of sp³-hybridized carbons (Fsp3) is 0.133. The van der Waals surface area contributed by atoms with Crippen LogP contribution in [0.4, 0.5) is 15.8 Å². The van der Waals surface area contributed by atoms with Crippen molar-refractivity contribution in [1.29, 1.82) is 0 Å². The minimum atomic E-state index is -0.248. The highest BCUT2D eigenvalue weighted by molar-refractivity contribution is 7.80. The van der Waals surface area contributed by atoms with E-state index < -0.39 is 0 Å². The fourth-order valence-electron chi connectivity index (χ4n) is 1.89. The van der Waals surface area contributed by atoms with Crippen LogP contribution >= 0.6 is 12.2 Å². The zero-order chi connectivity index (χ0) is 14.0. The number of benzene rings is 2. The first-order valence-electron chi connectivity index (χ1n) is 5.91. The molecule has 0 aliphatic heterocycles. The van der Waals surface area contributed by atoms with Gasteiger partial charge in [0.05, 0.1) is 0 Å². The summed E-state index contributed by atoms with van der Waals surface area (Å²) in [5, 5.41) is 3.26. The van der Waals surface area contributed by atoms with Gasteiger partial charge in [0.2, 0.25) is 0 Å². The van der Waals surface area contributed by atoms with Gasteiger partial charge in [-0.3, -0.25) is 0 Å². The highest BCUT2D eigenvalue weighted by atomic mass is 32.1. The second kappa shape index (κ2) is 5.36. The van der Waals surface area contributed by atoms with Crippen LogP contribution in [-0.2, 0) is 0 Å². The molecule has 0 saturated carbocycles. The molecule has 0 aliphatic carbocycles. The van der Waals surface area contributed by atoms with E-state index in [1.54, 1.807) is 6.07 Å². The first kappa shape index (κ1) is 13.5. The Morgan fingerprint density at radius 1 is 1.11 bits per heavy atom. The summed E-state index contributed by atoms with van der Waals surface area (Å²) in [5.41, 5.74) is 10.1. The lowest BCUT2D eigenvalue weighted by molar-refractivity contribution is 0.627. The minimum absolute atomic E-state index is 0.248. The van der Waals surface area contributed by atoms with Gasteiger partial charge in [-0.05, 0) is 55.3 Å². The Balaban J connectivity index is 2.42. The van der Waals surface area contributed by atoms with Crippen molar-refractivity contribution in [3.8, 4) is 0 Å². The zero-order valence-electron chi connectivity index (χ0n) is 10.8. The van der Waals surface area contributed by atoms with Gasteiger partial charge in [0.25, 0.3) is 0 Å². The van der Waals surface area contributed by atoms with Crippen molar-refractivity contribution in [2.45, 2.75) is 13.8 Å². The van der Waals surface area contributed by atoms with Gasteiger partial charge < -0.3 is 11.1 Å². The minimum Gasteiger partial charge on any atom is -0.389 e. The molecule has 0 unspecified atom stereocenters. The molecule has 3 N–H and O–H groups in total. The van der Waals surface area contributed by atoms with E-state index in [1.807, 2.05) is 32.0 Å². The Morgan fingerprint density at radius 2 is 1.84 bits per heavy atom. The molecular weight excluding hydrogens is 259 g/mol. The molecule has 2 aromatic rings. The molecule has 98 valence electrons. The number of aryl methyl sites for hydroxylation is 2. The number of anilines is 2. The Kier molecular flexibility index (Phi) is 3.81.